The molecule has 45 heavy (non-hydrogen) atoms. The minimum Gasteiger partial charge on any atom is -0.370 e. The van der Waals surface area contributed by atoms with E-state index in [1.807, 2.05) is 0 Å². The van der Waals surface area contributed by atoms with Crippen molar-refractivity contribution in [2.45, 2.75) is 59.2 Å². The number of anilines is 2. The number of hydrogen-bond donors (Lipinski definition) is 6. The highest BCUT2D eigenvalue weighted by Gasteiger charge is 2.27. The zero-order chi connectivity index (χ0) is 34.0. The summed E-state index contributed by atoms with van der Waals surface area (Å²) >= 11 is 11.9. The number of aromatic nitrogens is 2. The first-order valence-electron chi connectivity index (χ1n) is 12.6. The van der Waals surface area contributed by atoms with E-state index < -0.39 is 41.0 Å². The summed E-state index contributed by atoms with van der Waals surface area (Å²) in [4.78, 5) is 31.7. The van der Waals surface area contributed by atoms with Crippen LogP contribution in [0.2, 0.25) is 5.02 Å². The minimum atomic E-state index is -4.07. The largest absolute Gasteiger partial charge is 0.370 e. The standard InChI is InChI=1S/C9H16ClN3O2.C7H8ClN3O4S2.C4H6N4O3S2/c10-6-7-13(12-15)9(14)11-8-4-2-1-3-5-8;8-4-1-5-7(2-6(4)16(9,12)13)17(14,15)11-3-10-5;1-2(9)6-3-7-8-4(12-3)13(5,10)11/h8H,1-7H2,(H,11,14);1-2,10-11H,3H2,(H2,9,12,13);1H3,(H2,5,10,11)(H,6,7,9). The molecule has 2 aliphatic rings. The molecule has 1 fully saturated rings. The highest BCUT2D eigenvalue weighted by Crippen LogP contribution is 2.32. The van der Waals surface area contributed by atoms with Crippen molar-refractivity contribution in [3.63, 3.8) is 0 Å². The Labute approximate surface area is 272 Å². The molecule has 8 N–H and O–H groups in total. The van der Waals surface area contributed by atoms with Gasteiger partial charge in [-0.25, -0.2) is 40.3 Å². The van der Waals surface area contributed by atoms with Crippen molar-refractivity contribution in [3.05, 3.63) is 22.1 Å². The van der Waals surface area contributed by atoms with Gasteiger partial charge in [-0.2, -0.15) is 9.73 Å². The number of carbonyl (C=O) groups excluding carboxylic acids is 2. The molecule has 0 atom stereocenters. The molecular formula is C20H30Cl2N10O9S4. The van der Waals surface area contributed by atoms with Crippen LogP contribution in [0.1, 0.15) is 39.0 Å². The third kappa shape index (κ3) is 12.2. The van der Waals surface area contributed by atoms with E-state index in [0.717, 1.165) is 36.8 Å². The quantitative estimate of drug-likeness (QED) is 0.100. The highest BCUT2D eigenvalue weighted by atomic mass is 35.5. The Morgan fingerprint density at radius 2 is 1.78 bits per heavy atom. The van der Waals surface area contributed by atoms with Gasteiger partial charge in [0.05, 0.1) is 29.2 Å². The van der Waals surface area contributed by atoms with Crippen LogP contribution in [-0.4, -0.2) is 77.5 Å². The monoisotopic (exact) mass is 752 g/mol. The average Bonchev–Trinajstić information content (AvgIpc) is 3.40. The van der Waals surface area contributed by atoms with E-state index in [2.05, 4.69) is 36.2 Å². The summed E-state index contributed by atoms with van der Waals surface area (Å²) in [5.74, 6) is -0.138. The summed E-state index contributed by atoms with van der Waals surface area (Å²) in [5.41, 5.74) is 0.237. The molecule has 25 heteroatoms. The van der Waals surface area contributed by atoms with Gasteiger partial charge in [-0.15, -0.1) is 26.7 Å². The number of carbonyl (C=O) groups is 2. The molecule has 0 radical (unpaired) electrons. The number of alkyl halides is 1. The van der Waals surface area contributed by atoms with Crippen LogP contribution in [0.5, 0.6) is 0 Å². The molecule has 1 aromatic carbocycles. The Bertz CT molecular complexity index is 1700. The first-order chi connectivity index (χ1) is 20.9. The second-order valence-corrected chi connectivity index (χ2v) is 15.9. The van der Waals surface area contributed by atoms with Crippen LogP contribution < -0.4 is 31.0 Å². The molecule has 252 valence electrons. The van der Waals surface area contributed by atoms with Crippen LogP contribution in [0.3, 0.4) is 0 Å². The second-order valence-electron chi connectivity index (χ2n) is 9.10. The van der Waals surface area contributed by atoms with Gasteiger partial charge in [-0.05, 0) is 25.0 Å². The van der Waals surface area contributed by atoms with E-state index >= 15 is 0 Å². The number of rotatable bonds is 7. The normalized spacial score (nSPS) is 15.8. The lowest BCUT2D eigenvalue weighted by atomic mass is 9.96. The molecule has 19 nitrogen and oxygen atoms in total. The summed E-state index contributed by atoms with van der Waals surface area (Å²) < 4.78 is 69.0. The lowest BCUT2D eigenvalue weighted by Gasteiger charge is -2.24. The number of halogens is 2. The third-order valence-corrected chi connectivity index (χ3v) is 10.8. The number of amides is 3. The maximum Gasteiger partial charge on any atom is 0.340 e. The summed E-state index contributed by atoms with van der Waals surface area (Å²) in [7, 11) is -11.6. The van der Waals surface area contributed by atoms with Crippen LogP contribution in [-0.2, 0) is 34.9 Å². The van der Waals surface area contributed by atoms with E-state index in [4.69, 9.17) is 33.5 Å². The van der Waals surface area contributed by atoms with Crippen molar-refractivity contribution in [1.82, 2.24) is 25.2 Å². The number of nitrogens with zero attached hydrogens (tertiary/aromatic N) is 4. The highest BCUT2D eigenvalue weighted by molar-refractivity contribution is 7.91. The number of nitroso groups, excluding NO2 is 1. The fraction of sp³-hybridized carbons (Fsp3) is 0.500. The molecule has 1 aromatic heterocycles. The topological polar surface area (TPSA) is 295 Å². The molecule has 1 saturated carbocycles. The van der Waals surface area contributed by atoms with Gasteiger partial charge in [0.25, 0.3) is 10.0 Å². The Morgan fingerprint density at radius 3 is 2.29 bits per heavy atom. The Kier molecular flexibility index (Phi) is 14.2. The second kappa shape index (κ2) is 16.7. The van der Waals surface area contributed by atoms with Crippen LogP contribution in [0, 0.1) is 4.91 Å². The first kappa shape index (κ1) is 38.4. The van der Waals surface area contributed by atoms with E-state index in [9.17, 15) is 39.7 Å². The molecule has 0 unspecified atom stereocenters. The molecule has 1 aliphatic heterocycles. The van der Waals surface area contributed by atoms with Crippen molar-refractivity contribution >= 4 is 87.4 Å². The summed E-state index contributed by atoms with van der Waals surface area (Å²) in [6.07, 6.45) is 5.46. The summed E-state index contributed by atoms with van der Waals surface area (Å²) in [5, 5.41) is 27.6. The third-order valence-electron chi connectivity index (χ3n) is 5.67. The Balaban J connectivity index is 0.000000238. The average molecular weight is 754 g/mol. The lowest BCUT2D eigenvalue weighted by molar-refractivity contribution is -0.114. The van der Waals surface area contributed by atoms with Crippen molar-refractivity contribution < 1.29 is 34.8 Å². The number of urea groups is 1. The molecule has 0 saturated heterocycles. The molecule has 2 aromatic rings. The van der Waals surface area contributed by atoms with Gasteiger partial charge in [0.15, 0.2) is 0 Å². The molecule has 0 spiro atoms. The van der Waals surface area contributed by atoms with E-state index in [0.29, 0.717) is 11.3 Å². The van der Waals surface area contributed by atoms with Crippen LogP contribution in [0.25, 0.3) is 0 Å². The number of nitrogens with two attached hydrogens (primary N) is 2. The van der Waals surface area contributed by atoms with Crippen molar-refractivity contribution in [3.8, 4) is 0 Å². The molecule has 2 heterocycles. The molecule has 4 rings (SSSR count). The Morgan fingerprint density at radius 1 is 1.13 bits per heavy atom. The summed E-state index contributed by atoms with van der Waals surface area (Å²) in [6, 6.07) is 1.90. The number of sulfonamides is 3. The Hall–Kier alpha value is -2.77. The van der Waals surface area contributed by atoms with Gasteiger partial charge in [0, 0.05) is 18.8 Å². The lowest BCUT2D eigenvalue weighted by Crippen LogP contribution is -2.43. The number of primary sulfonamides is 2. The van der Waals surface area contributed by atoms with Crippen LogP contribution in [0.15, 0.2) is 31.5 Å². The number of fused-ring (bicyclic) bond motifs is 1. The maximum atomic E-state index is 11.6. The van der Waals surface area contributed by atoms with Crippen molar-refractivity contribution in [1.29, 1.82) is 0 Å². The number of nitrogens with one attached hydrogen (secondary N) is 4. The van der Waals surface area contributed by atoms with Gasteiger partial charge in [0.1, 0.15) is 9.79 Å². The van der Waals surface area contributed by atoms with Gasteiger partial charge >= 0.3 is 6.03 Å². The maximum absolute atomic E-state index is 11.6. The van der Waals surface area contributed by atoms with Crippen molar-refractivity contribution in [2.75, 3.05) is 29.7 Å². The zero-order valence-electron chi connectivity index (χ0n) is 23.4. The van der Waals surface area contributed by atoms with Crippen molar-refractivity contribution in [2.24, 2.45) is 15.6 Å². The minimum absolute atomic E-state index is 0.0143. The van der Waals surface area contributed by atoms with E-state index in [1.165, 1.54) is 19.4 Å². The van der Waals surface area contributed by atoms with Gasteiger partial charge < -0.3 is 16.0 Å². The molecule has 1 aliphatic carbocycles. The van der Waals surface area contributed by atoms with Crippen LogP contribution >= 0.6 is 34.5 Å². The van der Waals surface area contributed by atoms with Gasteiger partial charge in [-0.1, -0.05) is 42.2 Å². The van der Waals surface area contributed by atoms with E-state index in [1.54, 1.807) is 0 Å². The SMILES string of the molecule is CC(=O)Nc1nnc(S(N)(=O)=O)s1.NS(=O)(=O)c1cc2c(cc1Cl)NCNS2(=O)=O.O=NN(CCCl)C(=O)NC1CCCCC1. The van der Waals surface area contributed by atoms with Gasteiger partial charge in [0.2, 0.25) is 35.4 Å². The first-order valence-corrected chi connectivity index (χ1v) is 18.9. The predicted octanol–water partition coefficient (Wildman–Crippen LogP) is 1.04. The smallest absolute Gasteiger partial charge is 0.340 e. The van der Waals surface area contributed by atoms with Gasteiger partial charge in [-0.3, -0.25) is 4.79 Å². The zero-order valence-corrected chi connectivity index (χ0v) is 28.2. The number of benzene rings is 1. The number of hydrogen-bond acceptors (Lipinski definition) is 14. The fourth-order valence-electron chi connectivity index (χ4n) is 3.70. The predicted molar refractivity (Wildman–Crippen MR) is 166 cm³/mol. The fourth-order valence-corrected chi connectivity index (χ4v) is 7.52. The summed E-state index contributed by atoms with van der Waals surface area (Å²) in [6.45, 7) is 1.45. The van der Waals surface area contributed by atoms with Crippen LogP contribution in [0.4, 0.5) is 15.6 Å². The molecule has 0 bridgehead atoms. The molecular weight excluding hydrogens is 723 g/mol. The molecule has 3 amide bonds. The van der Waals surface area contributed by atoms with E-state index in [-0.39, 0.29) is 56.1 Å².